The van der Waals surface area contributed by atoms with Crippen molar-refractivity contribution in [3.05, 3.63) is 59.7 Å². The summed E-state index contributed by atoms with van der Waals surface area (Å²) in [5.74, 6) is 0.458. The molecule has 0 fully saturated rings. The number of nitrogen functional groups attached to an aromatic ring is 1. The lowest BCUT2D eigenvalue weighted by Crippen LogP contribution is -2.03. The Kier molecular flexibility index (Phi) is 2.94. The molecule has 0 spiro atoms. The van der Waals surface area contributed by atoms with Crippen molar-refractivity contribution in [2.45, 2.75) is 6.92 Å². The molecule has 5 heteroatoms. The quantitative estimate of drug-likeness (QED) is 0.561. The van der Waals surface area contributed by atoms with Crippen LogP contribution in [0.3, 0.4) is 0 Å². The highest BCUT2D eigenvalue weighted by Crippen LogP contribution is 2.34. The maximum Gasteiger partial charge on any atom is 0.148 e. The molecule has 5 nitrogen and oxygen atoms in total. The van der Waals surface area contributed by atoms with E-state index in [1.165, 1.54) is 0 Å². The lowest BCUT2D eigenvalue weighted by Gasteiger charge is -2.11. The van der Waals surface area contributed by atoms with E-state index < -0.39 is 0 Å². The first-order valence-corrected chi connectivity index (χ1v) is 7.50. The van der Waals surface area contributed by atoms with Gasteiger partial charge in [0, 0.05) is 16.8 Å². The summed E-state index contributed by atoms with van der Waals surface area (Å²) in [6, 6.07) is 16.9. The van der Waals surface area contributed by atoms with E-state index in [0.29, 0.717) is 28.1 Å². The van der Waals surface area contributed by atoms with Crippen LogP contribution in [0.25, 0.3) is 27.6 Å². The number of anilines is 1. The zero-order chi connectivity index (χ0) is 16.8. The minimum atomic E-state index is 0.135. The normalized spacial score (nSPS) is 11.0. The van der Waals surface area contributed by atoms with Gasteiger partial charge in [0.25, 0.3) is 0 Å². The summed E-state index contributed by atoms with van der Waals surface area (Å²) in [4.78, 5) is 4.70. The summed E-state index contributed by atoms with van der Waals surface area (Å²) in [7, 11) is 0. The first kappa shape index (κ1) is 14.1. The van der Waals surface area contributed by atoms with Gasteiger partial charge in [-0.25, -0.2) is 4.98 Å². The first-order chi connectivity index (χ1) is 11.6. The molecule has 0 saturated heterocycles. The molecule has 2 aromatic heterocycles. The minimum Gasteiger partial charge on any atom is -0.508 e. The van der Waals surface area contributed by atoms with Gasteiger partial charge in [0.1, 0.15) is 28.8 Å². The van der Waals surface area contributed by atoms with Gasteiger partial charge >= 0.3 is 0 Å². The van der Waals surface area contributed by atoms with Crippen molar-refractivity contribution in [3.8, 4) is 17.5 Å². The molecule has 2 heterocycles. The molecule has 24 heavy (non-hydrogen) atoms. The number of phenols is 1. The molecule has 3 N–H and O–H groups in total. The Hall–Kier alpha value is -3.52. The molecule has 0 aliphatic carbocycles. The average molecular weight is 314 g/mol. The molecule has 116 valence electrons. The number of hydrogen-bond acceptors (Lipinski definition) is 4. The van der Waals surface area contributed by atoms with Crippen molar-refractivity contribution in [2.75, 3.05) is 5.73 Å². The molecule has 0 bridgehead atoms. The second-order valence-electron chi connectivity index (χ2n) is 5.73. The van der Waals surface area contributed by atoms with E-state index in [-0.39, 0.29) is 5.75 Å². The van der Waals surface area contributed by atoms with Gasteiger partial charge < -0.3 is 10.8 Å². The number of rotatable bonds is 1. The van der Waals surface area contributed by atoms with Crippen molar-refractivity contribution < 1.29 is 5.11 Å². The standard InChI is InChI=1S/C19H14N4O/c1-11-6-7-13(24)9-17(11)23-18(21)15(10-20)14-8-12-4-2-3-5-16(12)22-19(14)23/h2-9,24H,21H2,1H3. The maximum atomic E-state index is 9.86. The monoisotopic (exact) mass is 314 g/mol. The van der Waals surface area contributed by atoms with Crippen molar-refractivity contribution >= 4 is 27.8 Å². The largest absolute Gasteiger partial charge is 0.508 e. The summed E-state index contributed by atoms with van der Waals surface area (Å²) in [5, 5.41) is 21.1. The van der Waals surface area contributed by atoms with Gasteiger partial charge in [-0.2, -0.15) is 5.26 Å². The lowest BCUT2D eigenvalue weighted by atomic mass is 10.1. The second kappa shape index (κ2) is 5.00. The fraction of sp³-hybridized carbons (Fsp3) is 0.0526. The Morgan fingerprint density at radius 2 is 1.96 bits per heavy atom. The summed E-state index contributed by atoms with van der Waals surface area (Å²) < 4.78 is 1.73. The topological polar surface area (TPSA) is 87.9 Å². The highest BCUT2D eigenvalue weighted by Gasteiger charge is 2.19. The Bertz CT molecular complexity index is 1150. The third-order valence-electron chi connectivity index (χ3n) is 4.23. The van der Waals surface area contributed by atoms with Crippen LogP contribution in [0.2, 0.25) is 0 Å². The maximum absolute atomic E-state index is 9.86. The number of nitriles is 1. The molecule has 0 aliphatic rings. The summed E-state index contributed by atoms with van der Waals surface area (Å²) >= 11 is 0. The van der Waals surface area contributed by atoms with Gasteiger partial charge in [-0.1, -0.05) is 24.3 Å². The summed E-state index contributed by atoms with van der Waals surface area (Å²) in [6.45, 7) is 1.92. The van der Waals surface area contributed by atoms with Gasteiger partial charge in [-0.05, 0) is 30.7 Å². The second-order valence-corrected chi connectivity index (χ2v) is 5.73. The first-order valence-electron chi connectivity index (χ1n) is 7.50. The van der Waals surface area contributed by atoms with E-state index in [2.05, 4.69) is 6.07 Å². The zero-order valence-electron chi connectivity index (χ0n) is 13.0. The Balaban J connectivity index is 2.19. The lowest BCUT2D eigenvalue weighted by molar-refractivity contribution is 0.475. The number of aromatic nitrogens is 2. The van der Waals surface area contributed by atoms with Crippen LogP contribution < -0.4 is 5.73 Å². The summed E-state index contributed by atoms with van der Waals surface area (Å²) in [6.07, 6.45) is 0. The molecule has 0 radical (unpaired) electrons. The van der Waals surface area contributed by atoms with E-state index >= 15 is 0 Å². The number of aryl methyl sites for hydroxylation is 1. The van der Waals surface area contributed by atoms with Gasteiger partial charge in [0.2, 0.25) is 0 Å². The van der Waals surface area contributed by atoms with Gasteiger partial charge in [0.15, 0.2) is 0 Å². The third-order valence-corrected chi connectivity index (χ3v) is 4.23. The molecular formula is C19H14N4O. The number of phenolic OH excluding ortho intramolecular Hbond substituents is 1. The smallest absolute Gasteiger partial charge is 0.148 e. The van der Waals surface area contributed by atoms with Crippen LogP contribution in [0.1, 0.15) is 11.1 Å². The van der Waals surface area contributed by atoms with Gasteiger partial charge in [-0.15, -0.1) is 0 Å². The minimum absolute atomic E-state index is 0.135. The average Bonchev–Trinajstić information content (AvgIpc) is 2.85. The molecule has 0 unspecified atom stereocenters. The SMILES string of the molecule is Cc1ccc(O)cc1-n1c(N)c(C#N)c2cc3ccccc3nc21. The molecule has 4 aromatic rings. The molecule has 4 rings (SSSR count). The van der Waals surface area contributed by atoms with Crippen LogP contribution in [0, 0.1) is 18.3 Å². The van der Waals surface area contributed by atoms with Crippen LogP contribution >= 0.6 is 0 Å². The number of pyridine rings is 1. The highest BCUT2D eigenvalue weighted by molar-refractivity contribution is 5.99. The van der Waals surface area contributed by atoms with Gasteiger partial charge in [-0.3, -0.25) is 4.57 Å². The van der Waals surface area contributed by atoms with Crippen molar-refractivity contribution in [1.82, 2.24) is 9.55 Å². The number of benzene rings is 2. The van der Waals surface area contributed by atoms with E-state index in [1.54, 1.807) is 16.7 Å². The van der Waals surface area contributed by atoms with E-state index in [0.717, 1.165) is 16.5 Å². The van der Waals surface area contributed by atoms with Crippen LogP contribution in [-0.4, -0.2) is 14.7 Å². The molecular weight excluding hydrogens is 300 g/mol. The van der Waals surface area contributed by atoms with Crippen LogP contribution in [0.15, 0.2) is 48.5 Å². The number of hydrogen-bond donors (Lipinski definition) is 2. The fourth-order valence-electron chi connectivity index (χ4n) is 3.02. The number of para-hydroxylation sites is 1. The number of nitrogens with two attached hydrogens (primary N) is 1. The zero-order valence-corrected chi connectivity index (χ0v) is 13.0. The Labute approximate surface area is 138 Å². The predicted molar refractivity (Wildman–Crippen MR) is 94.1 cm³/mol. The van der Waals surface area contributed by atoms with Crippen molar-refractivity contribution in [2.24, 2.45) is 0 Å². The van der Waals surface area contributed by atoms with E-state index in [4.69, 9.17) is 10.7 Å². The van der Waals surface area contributed by atoms with Crippen molar-refractivity contribution in [1.29, 1.82) is 5.26 Å². The third kappa shape index (κ3) is 1.90. The fourth-order valence-corrected chi connectivity index (χ4v) is 3.02. The van der Waals surface area contributed by atoms with Gasteiger partial charge in [0.05, 0.1) is 11.2 Å². The summed E-state index contributed by atoms with van der Waals surface area (Å²) in [5.41, 5.74) is 9.72. The molecule has 0 aliphatic heterocycles. The van der Waals surface area contributed by atoms with E-state index in [9.17, 15) is 10.4 Å². The van der Waals surface area contributed by atoms with Crippen LogP contribution in [0.5, 0.6) is 5.75 Å². The number of nitrogens with zero attached hydrogens (tertiary/aromatic N) is 3. The Morgan fingerprint density at radius 1 is 1.17 bits per heavy atom. The molecule has 2 aromatic carbocycles. The molecule has 0 amide bonds. The number of fused-ring (bicyclic) bond motifs is 2. The van der Waals surface area contributed by atoms with Crippen molar-refractivity contribution in [3.63, 3.8) is 0 Å². The van der Waals surface area contributed by atoms with Crippen LogP contribution in [0.4, 0.5) is 5.82 Å². The Morgan fingerprint density at radius 3 is 2.75 bits per heavy atom. The van der Waals surface area contributed by atoms with E-state index in [1.807, 2.05) is 43.3 Å². The molecule has 0 saturated carbocycles. The molecule has 0 atom stereocenters. The highest BCUT2D eigenvalue weighted by atomic mass is 16.3. The van der Waals surface area contributed by atoms with Crippen LogP contribution in [-0.2, 0) is 0 Å². The number of aromatic hydroxyl groups is 1. The predicted octanol–water partition coefficient (Wildman–Crippen LogP) is 3.65.